The summed E-state index contributed by atoms with van der Waals surface area (Å²) in [7, 11) is 0. The maximum atomic E-state index is 11.8. The van der Waals surface area contributed by atoms with E-state index in [2.05, 4.69) is 5.32 Å². The minimum Gasteiger partial charge on any atom is -0.494 e. The largest absolute Gasteiger partial charge is 0.494 e. The quantitative estimate of drug-likeness (QED) is 0.886. The highest BCUT2D eigenvalue weighted by atomic mass is 16.6. The van der Waals surface area contributed by atoms with E-state index < -0.39 is 0 Å². The lowest BCUT2D eigenvalue weighted by Crippen LogP contribution is -2.41. The number of nitrogens with one attached hydrogen (secondary N) is 1. The van der Waals surface area contributed by atoms with Gasteiger partial charge in [-0.3, -0.25) is 4.79 Å². The van der Waals surface area contributed by atoms with Crippen molar-refractivity contribution < 1.29 is 23.7 Å². The Balaban J connectivity index is 1.52. The lowest BCUT2D eigenvalue weighted by molar-refractivity contribution is -0.122. The third-order valence-electron chi connectivity index (χ3n) is 2.93. The molecule has 0 saturated heterocycles. The van der Waals surface area contributed by atoms with Crippen LogP contribution in [-0.2, 0) is 14.3 Å². The fourth-order valence-corrected chi connectivity index (χ4v) is 1.94. The summed E-state index contributed by atoms with van der Waals surface area (Å²) in [5, 5.41) is 2.74. The Kier molecular flexibility index (Phi) is 3.62. The highest BCUT2D eigenvalue weighted by molar-refractivity contribution is 5.91. The molecule has 1 aromatic rings. The number of hydrogen-bond donors (Lipinski definition) is 1. The van der Waals surface area contributed by atoms with Crippen molar-refractivity contribution in [2.24, 2.45) is 0 Å². The minimum atomic E-state index is -0.313. The van der Waals surface area contributed by atoms with E-state index in [1.54, 1.807) is 0 Å². The second kappa shape index (κ2) is 5.73. The Morgan fingerprint density at radius 1 is 1.20 bits per heavy atom. The Labute approximate surface area is 116 Å². The van der Waals surface area contributed by atoms with Crippen molar-refractivity contribution in [1.82, 2.24) is 5.32 Å². The Hall–Kier alpha value is -2.37. The molecule has 0 aliphatic carbocycles. The van der Waals surface area contributed by atoms with Crippen molar-refractivity contribution in [1.29, 1.82) is 0 Å². The third-order valence-corrected chi connectivity index (χ3v) is 2.93. The summed E-state index contributed by atoms with van der Waals surface area (Å²) >= 11 is 0. The molecule has 0 radical (unpaired) electrons. The van der Waals surface area contributed by atoms with Crippen molar-refractivity contribution in [3.8, 4) is 11.5 Å². The first-order valence-electron chi connectivity index (χ1n) is 6.44. The van der Waals surface area contributed by atoms with E-state index in [9.17, 15) is 4.79 Å². The van der Waals surface area contributed by atoms with E-state index in [4.69, 9.17) is 18.9 Å². The molecule has 1 atom stereocenters. The molecular formula is C14H15NO5. The smallest absolute Gasteiger partial charge is 0.289 e. The highest BCUT2D eigenvalue weighted by Crippen LogP contribution is 2.30. The topological polar surface area (TPSA) is 66.0 Å². The number of amides is 1. The van der Waals surface area contributed by atoms with Crippen LogP contribution in [0.25, 0.3) is 0 Å². The number of benzene rings is 1. The fraction of sp³-hybridized carbons (Fsp3) is 0.357. The first kappa shape index (κ1) is 12.7. The molecule has 20 heavy (non-hydrogen) atoms. The predicted octanol–water partition coefficient (Wildman–Crippen LogP) is 0.831. The molecule has 1 N–H and O–H groups in total. The van der Waals surface area contributed by atoms with Crippen LogP contribution < -0.4 is 14.8 Å². The monoisotopic (exact) mass is 277 g/mol. The van der Waals surface area contributed by atoms with Crippen LogP contribution in [0.15, 0.2) is 36.3 Å². The second-order valence-corrected chi connectivity index (χ2v) is 4.41. The van der Waals surface area contributed by atoms with Crippen LogP contribution in [0.4, 0.5) is 0 Å². The van der Waals surface area contributed by atoms with Crippen LogP contribution in [-0.4, -0.2) is 38.4 Å². The van der Waals surface area contributed by atoms with Gasteiger partial charge in [0.1, 0.15) is 32.2 Å². The van der Waals surface area contributed by atoms with Crippen molar-refractivity contribution in [2.75, 3.05) is 26.4 Å². The number of rotatable bonds is 3. The van der Waals surface area contributed by atoms with Gasteiger partial charge in [-0.25, -0.2) is 0 Å². The summed E-state index contributed by atoms with van der Waals surface area (Å²) in [5.74, 6) is 1.29. The molecule has 2 aliphatic rings. The Morgan fingerprint density at radius 2 is 2.05 bits per heavy atom. The van der Waals surface area contributed by atoms with E-state index >= 15 is 0 Å². The number of carbonyl (C=O) groups excluding carboxylic acids is 1. The van der Waals surface area contributed by atoms with Gasteiger partial charge in [0.05, 0.1) is 6.54 Å². The molecule has 106 valence electrons. The molecular weight excluding hydrogens is 262 g/mol. The molecule has 0 spiro atoms. The van der Waals surface area contributed by atoms with Gasteiger partial charge in [0, 0.05) is 0 Å². The van der Waals surface area contributed by atoms with E-state index in [-0.39, 0.29) is 17.8 Å². The van der Waals surface area contributed by atoms with Gasteiger partial charge in [-0.05, 0) is 12.1 Å². The van der Waals surface area contributed by atoms with Crippen LogP contribution in [0.1, 0.15) is 0 Å². The van der Waals surface area contributed by atoms with E-state index in [0.717, 1.165) is 5.75 Å². The standard InChI is InChI=1S/C14H15NO5/c16-14(13-9-17-5-6-18-13)15-7-10-8-19-11-3-1-2-4-12(11)20-10/h1-4,9-10H,5-8H2,(H,15,16). The van der Waals surface area contributed by atoms with E-state index in [0.29, 0.717) is 32.1 Å². The zero-order chi connectivity index (χ0) is 13.8. The molecule has 0 saturated carbocycles. The summed E-state index contributed by atoms with van der Waals surface area (Å²) < 4.78 is 21.5. The van der Waals surface area contributed by atoms with E-state index in [1.165, 1.54) is 6.26 Å². The summed E-state index contributed by atoms with van der Waals surface area (Å²) in [6.07, 6.45) is 1.10. The fourth-order valence-electron chi connectivity index (χ4n) is 1.94. The summed E-state index contributed by atoms with van der Waals surface area (Å²) in [6.45, 7) is 1.59. The maximum absolute atomic E-state index is 11.8. The summed E-state index contributed by atoms with van der Waals surface area (Å²) in [4.78, 5) is 11.8. The number of ether oxygens (including phenoxy) is 4. The van der Waals surface area contributed by atoms with Gasteiger partial charge < -0.3 is 24.3 Å². The van der Waals surface area contributed by atoms with Crippen molar-refractivity contribution in [3.05, 3.63) is 36.3 Å². The zero-order valence-electron chi connectivity index (χ0n) is 10.8. The van der Waals surface area contributed by atoms with Crippen LogP contribution in [0.5, 0.6) is 11.5 Å². The molecule has 2 heterocycles. The van der Waals surface area contributed by atoms with Gasteiger partial charge in [0.15, 0.2) is 11.5 Å². The first-order chi connectivity index (χ1) is 9.83. The average molecular weight is 277 g/mol. The molecule has 1 unspecified atom stereocenters. The SMILES string of the molecule is O=C(NCC1COc2ccccc2O1)C1=COCCO1. The Morgan fingerprint density at radius 3 is 2.85 bits per heavy atom. The van der Waals surface area contributed by atoms with Gasteiger partial charge in [-0.2, -0.15) is 0 Å². The number of carbonyl (C=O) groups is 1. The van der Waals surface area contributed by atoms with Gasteiger partial charge in [0.2, 0.25) is 5.76 Å². The molecule has 3 rings (SSSR count). The van der Waals surface area contributed by atoms with Gasteiger partial charge in [-0.1, -0.05) is 12.1 Å². The second-order valence-electron chi connectivity index (χ2n) is 4.41. The maximum Gasteiger partial charge on any atom is 0.289 e. The molecule has 6 nitrogen and oxygen atoms in total. The van der Waals surface area contributed by atoms with Crippen molar-refractivity contribution in [2.45, 2.75) is 6.10 Å². The van der Waals surface area contributed by atoms with Gasteiger partial charge in [0.25, 0.3) is 5.91 Å². The molecule has 0 fully saturated rings. The first-order valence-corrected chi connectivity index (χ1v) is 6.44. The molecule has 0 aromatic heterocycles. The van der Waals surface area contributed by atoms with Crippen molar-refractivity contribution in [3.63, 3.8) is 0 Å². The van der Waals surface area contributed by atoms with Gasteiger partial charge in [-0.15, -0.1) is 0 Å². The van der Waals surface area contributed by atoms with Crippen LogP contribution in [0.3, 0.4) is 0 Å². The van der Waals surface area contributed by atoms with Crippen molar-refractivity contribution >= 4 is 5.91 Å². The molecule has 1 amide bonds. The molecule has 0 bridgehead atoms. The van der Waals surface area contributed by atoms with Gasteiger partial charge >= 0.3 is 0 Å². The normalized spacial score (nSPS) is 20.2. The number of para-hydroxylation sites is 2. The lowest BCUT2D eigenvalue weighted by Gasteiger charge is -2.26. The highest BCUT2D eigenvalue weighted by Gasteiger charge is 2.22. The summed E-state index contributed by atoms with van der Waals surface area (Å²) in [6, 6.07) is 7.45. The average Bonchev–Trinajstić information content (AvgIpc) is 2.53. The van der Waals surface area contributed by atoms with Crippen LogP contribution in [0.2, 0.25) is 0 Å². The van der Waals surface area contributed by atoms with E-state index in [1.807, 2.05) is 24.3 Å². The van der Waals surface area contributed by atoms with Crippen LogP contribution in [0, 0.1) is 0 Å². The third kappa shape index (κ3) is 2.79. The number of hydrogen-bond acceptors (Lipinski definition) is 5. The minimum absolute atomic E-state index is 0.188. The summed E-state index contributed by atoms with van der Waals surface area (Å²) in [5.41, 5.74) is 0. The predicted molar refractivity (Wildman–Crippen MR) is 69.3 cm³/mol. The van der Waals surface area contributed by atoms with Crippen LogP contribution >= 0.6 is 0 Å². The lowest BCUT2D eigenvalue weighted by atomic mass is 10.2. The number of fused-ring (bicyclic) bond motifs is 1. The molecule has 6 heteroatoms. The Bertz CT molecular complexity index is 528. The molecule has 1 aromatic carbocycles. The zero-order valence-corrected chi connectivity index (χ0v) is 10.8. The molecule has 2 aliphatic heterocycles.